The van der Waals surface area contributed by atoms with Crippen LogP contribution in [0.1, 0.15) is 61.9 Å². The van der Waals surface area contributed by atoms with E-state index in [-0.39, 0.29) is 19.8 Å². The molecule has 10 heteroatoms. The third-order valence-electron chi connectivity index (χ3n) is 12.8. The second kappa shape index (κ2) is 21.8. The zero-order chi connectivity index (χ0) is 49.2. The van der Waals surface area contributed by atoms with Crippen molar-refractivity contribution in [2.24, 2.45) is 0 Å². The van der Waals surface area contributed by atoms with Gasteiger partial charge in [-0.25, -0.2) is 9.59 Å². The predicted octanol–water partition coefficient (Wildman–Crippen LogP) is 13.2. The SMILES string of the molecule is Cc1ccc(OCC(CCc2ccc(C(C)(c3ccc(OCC(COc4ccc(C)cc4)OC(=O)c4ccccc4)cc3)P3(=O)Oc4ccccc4-c4ccccc43)cc2)OC(=O)c2ccccc2)cc1. The molecular formula is C61H55O9P. The molecule has 0 saturated carbocycles. The number of ether oxygens (including phenoxy) is 5. The number of esters is 2. The first-order valence-electron chi connectivity index (χ1n) is 23.8. The topological polar surface area (TPSA) is 107 Å². The van der Waals surface area contributed by atoms with Crippen LogP contribution in [0.15, 0.2) is 206 Å². The zero-order valence-corrected chi connectivity index (χ0v) is 40.8. The van der Waals surface area contributed by atoms with E-state index < -0.39 is 36.7 Å². The fraction of sp³-hybridized carbons (Fsp3) is 0.180. The van der Waals surface area contributed by atoms with Crippen LogP contribution in [-0.2, 0) is 25.6 Å². The summed E-state index contributed by atoms with van der Waals surface area (Å²) < 4.78 is 53.6. The fourth-order valence-electron chi connectivity index (χ4n) is 8.67. The van der Waals surface area contributed by atoms with E-state index >= 15 is 4.57 Å². The Kier molecular flexibility index (Phi) is 14.8. The highest BCUT2D eigenvalue weighted by Gasteiger charge is 2.53. The lowest BCUT2D eigenvalue weighted by atomic mass is 9.90. The van der Waals surface area contributed by atoms with Crippen LogP contribution >= 0.6 is 7.37 Å². The number of fused-ring (bicyclic) bond motifs is 3. The van der Waals surface area contributed by atoms with E-state index in [0.29, 0.717) is 52.3 Å². The lowest BCUT2D eigenvalue weighted by Crippen LogP contribution is -2.34. The predicted molar refractivity (Wildman–Crippen MR) is 278 cm³/mol. The number of carbonyl (C=O) groups excluding carboxylic acids is 2. The van der Waals surface area contributed by atoms with Gasteiger partial charge in [-0.05, 0) is 129 Å². The molecule has 1 aliphatic heterocycles. The molecule has 0 N–H and O–H groups in total. The molecule has 0 radical (unpaired) electrons. The van der Waals surface area contributed by atoms with E-state index in [1.807, 2.05) is 191 Å². The Hall–Kier alpha value is -7.87. The van der Waals surface area contributed by atoms with Gasteiger partial charge in [-0.3, -0.25) is 4.57 Å². The van der Waals surface area contributed by atoms with Crippen molar-refractivity contribution in [3.63, 3.8) is 0 Å². The molecule has 4 atom stereocenters. The molecule has 0 aliphatic carbocycles. The quantitative estimate of drug-likeness (QED) is 0.0578. The fourth-order valence-corrected chi connectivity index (χ4v) is 11.6. The van der Waals surface area contributed by atoms with Crippen LogP contribution in [0.4, 0.5) is 0 Å². The summed E-state index contributed by atoms with van der Waals surface area (Å²) in [6, 6.07) is 64.3. The van der Waals surface area contributed by atoms with Crippen molar-refractivity contribution >= 4 is 24.6 Å². The number of benzene rings is 8. The van der Waals surface area contributed by atoms with Crippen molar-refractivity contribution in [3.8, 4) is 34.1 Å². The Morgan fingerprint density at radius 2 is 0.915 bits per heavy atom. The van der Waals surface area contributed by atoms with E-state index in [0.717, 1.165) is 38.9 Å². The molecule has 358 valence electrons. The summed E-state index contributed by atoms with van der Waals surface area (Å²) in [6.07, 6.45) is -0.208. The van der Waals surface area contributed by atoms with Crippen LogP contribution in [0, 0.1) is 13.8 Å². The minimum Gasteiger partial charge on any atom is -0.490 e. The lowest BCUT2D eigenvalue weighted by Gasteiger charge is -2.41. The number of carbonyl (C=O) groups is 2. The first kappa shape index (κ1) is 48.2. The molecule has 1 aliphatic rings. The maximum atomic E-state index is 16.3. The van der Waals surface area contributed by atoms with Crippen molar-refractivity contribution in [1.82, 2.24) is 0 Å². The van der Waals surface area contributed by atoms with Gasteiger partial charge in [-0.2, -0.15) is 0 Å². The molecule has 9 nitrogen and oxygen atoms in total. The summed E-state index contributed by atoms with van der Waals surface area (Å²) in [4.78, 5) is 26.5. The summed E-state index contributed by atoms with van der Waals surface area (Å²) in [7, 11) is -3.86. The second-order valence-corrected chi connectivity index (χ2v) is 20.5. The number of para-hydroxylation sites is 1. The van der Waals surface area contributed by atoms with Gasteiger partial charge in [0.15, 0.2) is 6.10 Å². The highest BCUT2D eigenvalue weighted by Crippen LogP contribution is 2.69. The number of hydrogen-bond donors (Lipinski definition) is 0. The molecule has 4 unspecified atom stereocenters. The maximum Gasteiger partial charge on any atom is 0.338 e. The van der Waals surface area contributed by atoms with Crippen LogP contribution < -0.4 is 24.0 Å². The van der Waals surface area contributed by atoms with Gasteiger partial charge in [-0.1, -0.05) is 145 Å². The van der Waals surface area contributed by atoms with Gasteiger partial charge < -0.3 is 28.2 Å². The Labute approximate surface area is 415 Å². The van der Waals surface area contributed by atoms with Gasteiger partial charge >= 0.3 is 11.9 Å². The molecule has 8 aromatic carbocycles. The third kappa shape index (κ3) is 11.1. The third-order valence-corrected chi connectivity index (χ3v) is 16.0. The standard InChI is InChI=1S/C61H55O9P/c1-43-22-33-50(34-23-43)65-40-53(68-59(62)46-14-6-4-7-15-46)37-28-45-26-29-48(30-27-45)61(3,71(64)58-21-13-11-19-56(58)55-18-10-12-20-57(55)70-71)49-31-38-52(39-32-49)67-42-54(41-66-51-35-24-44(2)25-36-51)69-60(63)47-16-8-5-9-17-47/h4-27,29-36,38-39,53-54H,28,37,40-42H2,1-3H3. The monoisotopic (exact) mass is 962 g/mol. The van der Waals surface area contributed by atoms with Crippen LogP contribution in [0.2, 0.25) is 0 Å². The smallest absolute Gasteiger partial charge is 0.338 e. The maximum absolute atomic E-state index is 16.3. The Bertz CT molecular complexity index is 2950. The lowest BCUT2D eigenvalue weighted by molar-refractivity contribution is 0.00255. The Morgan fingerprint density at radius 3 is 1.45 bits per heavy atom. The second-order valence-electron chi connectivity index (χ2n) is 17.8. The van der Waals surface area contributed by atoms with E-state index in [1.54, 1.807) is 36.4 Å². The summed E-state index contributed by atoms with van der Waals surface area (Å²) >= 11 is 0. The van der Waals surface area contributed by atoms with Crippen molar-refractivity contribution in [2.75, 3.05) is 19.8 Å². The summed E-state index contributed by atoms with van der Waals surface area (Å²) in [5, 5.41) is -0.585. The van der Waals surface area contributed by atoms with E-state index in [4.69, 9.17) is 28.2 Å². The average molecular weight is 963 g/mol. The number of hydrogen-bond acceptors (Lipinski definition) is 9. The summed E-state index contributed by atoms with van der Waals surface area (Å²) in [5.41, 5.74) is 7.36. The molecule has 1 heterocycles. The summed E-state index contributed by atoms with van der Waals surface area (Å²) in [6.45, 7) is 6.26. The van der Waals surface area contributed by atoms with Gasteiger partial charge in [0.05, 0.1) is 16.4 Å². The number of rotatable bonds is 19. The summed E-state index contributed by atoms with van der Waals surface area (Å²) in [5.74, 6) is 1.51. The normalized spacial score (nSPS) is 15.3. The molecular weight excluding hydrogens is 908 g/mol. The Morgan fingerprint density at radius 1 is 0.493 bits per heavy atom. The molecule has 71 heavy (non-hydrogen) atoms. The van der Waals surface area contributed by atoms with Crippen molar-refractivity contribution in [2.45, 2.75) is 51.0 Å². The van der Waals surface area contributed by atoms with E-state index in [9.17, 15) is 9.59 Å². The minimum atomic E-state index is -3.86. The molecule has 0 saturated heterocycles. The van der Waals surface area contributed by atoms with E-state index in [2.05, 4.69) is 0 Å². The van der Waals surface area contributed by atoms with Crippen LogP contribution in [0.3, 0.4) is 0 Å². The molecule has 0 aromatic heterocycles. The molecule has 0 spiro atoms. The van der Waals surface area contributed by atoms with Gasteiger partial charge in [0.1, 0.15) is 54.1 Å². The molecule has 0 amide bonds. The van der Waals surface area contributed by atoms with Crippen molar-refractivity contribution in [3.05, 3.63) is 245 Å². The van der Waals surface area contributed by atoms with Gasteiger partial charge in [0.25, 0.3) is 7.37 Å². The molecule has 0 fully saturated rings. The van der Waals surface area contributed by atoms with Crippen molar-refractivity contribution < 1.29 is 42.4 Å². The minimum absolute atomic E-state index is 0.0126. The van der Waals surface area contributed by atoms with E-state index in [1.165, 1.54) is 0 Å². The first-order valence-corrected chi connectivity index (χ1v) is 25.4. The van der Waals surface area contributed by atoms with Gasteiger partial charge in [0.2, 0.25) is 0 Å². The van der Waals surface area contributed by atoms with Gasteiger partial charge in [0, 0.05) is 5.56 Å². The van der Waals surface area contributed by atoms with Crippen LogP contribution in [-0.4, -0.2) is 44.0 Å². The average Bonchev–Trinajstić information content (AvgIpc) is 3.41. The Balaban J connectivity index is 0.987. The molecule has 9 rings (SSSR count). The molecule has 0 bridgehead atoms. The van der Waals surface area contributed by atoms with Gasteiger partial charge in [-0.15, -0.1) is 0 Å². The van der Waals surface area contributed by atoms with Crippen molar-refractivity contribution in [1.29, 1.82) is 0 Å². The van der Waals surface area contributed by atoms with Crippen LogP contribution in [0.5, 0.6) is 23.0 Å². The zero-order valence-electron chi connectivity index (χ0n) is 39.9. The molecule has 8 aromatic rings. The highest BCUT2D eigenvalue weighted by molar-refractivity contribution is 7.69. The number of aryl methyl sites for hydroxylation is 3. The van der Waals surface area contributed by atoms with Crippen LogP contribution in [0.25, 0.3) is 11.1 Å². The highest BCUT2D eigenvalue weighted by atomic mass is 31.2. The largest absolute Gasteiger partial charge is 0.490 e. The first-order chi connectivity index (χ1) is 34.6.